The molecule has 3 heterocycles. The first kappa shape index (κ1) is 17.0. The predicted octanol–water partition coefficient (Wildman–Crippen LogP) is 5.05. The normalized spacial score (nSPS) is 16.5. The third-order valence-corrected chi connectivity index (χ3v) is 6.45. The average Bonchev–Trinajstić information content (AvgIpc) is 3.14. The van der Waals surface area contributed by atoms with E-state index in [1.807, 2.05) is 17.4 Å². The Kier molecular flexibility index (Phi) is 4.41. The van der Waals surface area contributed by atoms with Crippen LogP contribution in [0.15, 0.2) is 41.8 Å². The zero-order valence-corrected chi connectivity index (χ0v) is 16.5. The number of benzene rings is 1. The quantitative estimate of drug-likeness (QED) is 0.651. The van der Waals surface area contributed by atoms with Crippen molar-refractivity contribution in [1.29, 1.82) is 0 Å². The maximum absolute atomic E-state index is 4.99. The minimum atomic E-state index is 0.315. The monoisotopic (exact) mass is 364 g/mol. The van der Waals surface area contributed by atoms with Crippen LogP contribution in [-0.4, -0.2) is 23.6 Å². The number of para-hydroxylation sites is 1. The fourth-order valence-electron chi connectivity index (χ4n) is 3.60. The van der Waals surface area contributed by atoms with Gasteiger partial charge in [0.15, 0.2) is 0 Å². The van der Waals surface area contributed by atoms with Crippen LogP contribution < -0.4 is 9.80 Å². The highest BCUT2D eigenvalue weighted by Crippen LogP contribution is 2.37. The second-order valence-corrected chi connectivity index (χ2v) is 7.83. The van der Waals surface area contributed by atoms with Crippen molar-refractivity contribution in [3.63, 3.8) is 0 Å². The van der Waals surface area contributed by atoms with E-state index in [9.17, 15) is 0 Å². The number of nitrogens with zero attached hydrogens (tertiary/aromatic N) is 4. The van der Waals surface area contributed by atoms with Gasteiger partial charge in [0.2, 0.25) is 5.95 Å². The highest BCUT2D eigenvalue weighted by atomic mass is 32.1. The molecule has 0 bridgehead atoms. The first-order chi connectivity index (χ1) is 12.6. The maximum atomic E-state index is 4.99. The Bertz CT molecular complexity index is 919. The molecule has 0 spiro atoms. The summed E-state index contributed by atoms with van der Waals surface area (Å²) < 4.78 is 0. The summed E-state index contributed by atoms with van der Waals surface area (Å²) in [5, 5.41) is 2.19. The molecule has 0 radical (unpaired) electrons. The van der Waals surface area contributed by atoms with Crippen LogP contribution in [0.25, 0.3) is 0 Å². The van der Waals surface area contributed by atoms with Gasteiger partial charge in [-0.2, -0.15) is 4.98 Å². The molecule has 4 nitrogen and oxygen atoms in total. The van der Waals surface area contributed by atoms with Crippen LogP contribution in [0.4, 0.5) is 17.5 Å². The summed E-state index contributed by atoms with van der Waals surface area (Å²) in [7, 11) is 2.07. The highest BCUT2D eigenvalue weighted by molar-refractivity contribution is 7.10. The van der Waals surface area contributed by atoms with Gasteiger partial charge in [-0.15, -0.1) is 11.3 Å². The fourth-order valence-corrected chi connectivity index (χ4v) is 4.62. The number of thiophene rings is 1. The molecule has 0 N–H and O–H groups in total. The van der Waals surface area contributed by atoms with Crippen LogP contribution in [0.5, 0.6) is 0 Å². The van der Waals surface area contributed by atoms with Crippen molar-refractivity contribution < 1.29 is 0 Å². The lowest BCUT2D eigenvalue weighted by Crippen LogP contribution is -2.35. The van der Waals surface area contributed by atoms with E-state index in [0.717, 1.165) is 41.7 Å². The van der Waals surface area contributed by atoms with E-state index in [4.69, 9.17) is 9.97 Å². The largest absolute Gasteiger partial charge is 0.333 e. The first-order valence-electron chi connectivity index (χ1n) is 9.03. The zero-order valence-electron chi connectivity index (χ0n) is 15.7. The third-order valence-electron chi connectivity index (χ3n) is 5.32. The van der Waals surface area contributed by atoms with Crippen LogP contribution >= 0.6 is 11.3 Å². The van der Waals surface area contributed by atoms with Crippen molar-refractivity contribution in [2.45, 2.75) is 33.2 Å². The molecule has 1 aromatic carbocycles. The van der Waals surface area contributed by atoms with Gasteiger partial charge in [-0.3, -0.25) is 0 Å². The van der Waals surface area contributed by atoms with E-state index in [1.54, 1.807) is 0 Å². The Morgan fingerprint density at radius 3 is 2.65 bits per heavy atom. The third kappa shape index (κ3) is 2.86. The van der Waals surface area contributed by atoms with Gasteiger partial charge in [-0.1, -0.05) is 18.2 Å². The lowest BCUT2D eigenvalue weighted by Gasteiger charge is -2.34. The SMILES string of the molecule is Cc1nc(N2CCc3ccsc3C2C)nc(N(C)c2ccccc2)c1C. The molecule has 1 unspecified atom stereocenters. The Morgan fingerprint density at radius 2 is 1.88 bits per heavy atom. The molecule has 0 fully saturated rings. The molecule has 0 amide bonds. The predicted molar refractivity (Wildman–Crippen MR) is 110 cm³/mol. The van der Waals surface area contributed by atoms with Crippen molar-refractivity contribution in [1.82, 2.24) is 9.97 Å². The van der Waals surface area contributed by atoms with Crippen molar-refractivity contribution >= 4 is 28.8 Å². The molecule has 3 aromatic rings. The van der Waals surface area contributed by atoms with Gasteiger partial charge in [0.05, 0.1) is 6.04 Å². The van der Waals surface area contributed by atoms with Gasteiger partial charge in [0.1, 0.15) is 5.82 Å². The van der Waals surface area contributed by atoms with Gasteiger partial charge in [0.25, 0.3) is 0 Å². The zero-order chi connectivity index (χ0) is 18.3. The van der Waals surface area contributed by atoms with Crippen LogP contribution in [0.3, 0.4) is 0 Å². The molecule has 134 valence electrons. The summed E-state index contributed by atoms with van der Waals surface area (Å²) in [5.74, 6) is 1.81. The Labute approximate surface area is 159 Å². The van der Waals surface area contributed by atoms with E-state index >= 15 is 0 Å². The summed E-state index contributed by atoms with van der Waals surface area (Å²) in [6.07, 6.45) is 1.06. The van der Waals surface area contributed by atoms with E-state index < -0.39 is 0 Å². The minimum Gasteiger partial charge on any atom is -0.333 e. The molecule has 26 heavy (non-hydrogen) atoms. The summed E-state index contributed by atoms with van der Waals surface area (Å²) in [6, 6.07) is 12.9. The molecular weight excluding hydrogens is 340 g/mol. The second kappa shape index (κ2) is 6.72. The van der Waals surface area contributed by atoms with E-state index in [0.29, 0.717) is 6.04 Å². The highest BCUT2D eigenvalue weighted by Gasteiger charge is 2.28. The topological polar surface area (TPSA) is 32.3 Å². The molecule has 1 aliphatic rings. The molecule has 0 saturated carbocycles. The van der Waals surface area contributed by atoms with Gasteiger partial charge in [-0.25, -0.2) is 4.98 Å². The molecule has 2 aromatic heterocycles. The summed E-state index contributed by atoms with van der Waals surface area (Å²) in [4.78, 5) is 15.8. The van der Waals surface area contributed by atoms with Crippen molar-refractivity contribution in [2.75, 3.05) is 23.4 Å². The van der Waals surface area contributed by atoms with E-state index in [2.05, 4.69) is 73.3 Å². The Hall–Kier alpha value is -2.40. The molecule has 4 rings (SSSR count). The van der Waals surface area contributed by atoms with Gasteiger partial charge < -0.3 is 9.80 Å². The minimum absolute atomic E-state index is 0.315. The molecule has 1 aliphatic heterocycles. The van der Waals surface area contributed by atoms with Crippen LogP contribution in [0, 0.1) is 13.8 Å². The number of fused-ring (bicyclic) bond motifs is 1. The second-order valence-electron chi connectivity index (χ2n) is 6.88. The molecule has 0 saturated heterocycles. The standard InChI is InChI=1S/C21H24N4S/c1-14-15(2)22-21(23-20(14)24(4)18-8-6-5-7-9-18)25-12-10-17-11-13-26-19(17)16(25)3/h5-9,11,13,16H,10,12H2,1-4H3. The summed E-state index contributed by atoms with van der Waals surface area (Å²) >= 11 is 1.84. The number of aromatic nitrogens is 2. The summed E-state index contributed by atoms with van der Waals surface area (Å²) in [5.41, 5.74) is 4.77. The smallest absolute Gasteiger partial charge is 0.228 e. The van der Waals surface area contributed by atoms with Crippen molar-refractivity contribution in [2.24, 2.45) is 0 Å². The van der Waals surface area contributed by atoms with Gasteiger partial charge in [-0.05, 0) is 56.3 Å². The number of rotatable bonds is 3. The number of aryl methyl sites for hydroxylation is 1. The first-order valence-corrected chi connectivity index (χ1v) is 9.91. The number of hydrogen-bond donors (Lipinski definition) is 0. The van der Waals surface area contributed by atoms with Crippen molar-refractivity contribution in [3.8, 4) is 0 Å². The molecular formula is C21H24N4S. The van der Waals surface area contributed by atoms with Crippen LogP contribution in [0.2, 0.25) is 0 Å². The molecule has 1 atom stereocenters. The Balaban J connectivity index is 1.74. The average molecular weight is 365 g/mol. The van der Waals surface area contributed by atoms with Crippen LogP contribution in [0.1, 0.15) is 34.7 Å². The van der Waals surface area contributed by atoms with Crippen molar-refractivity contribution in [3.05, 3.63) is 63.5 Å². The number of hydrogen-bond acceptors (Lipinski definition) is 5. The van der Waals surface area contributed by atoms with Crippen LogP contribution in [-0.2, 0) is 6.42 Å². The van der Waals surface area contributed by atoms with Gasteiger partial charge >= 0.3 is 0 Å². The number of anilines is 3. The van der Waals surface area contributed by atoms with E-state index in [1.165, 1.54) is 10.4 Å². The fraction of sp³-hybridized carbons (Fsp3) is 0.333. The molecule has 5 heteroatoms. The van der Waals surface area contributed by atoms with E-state index in [-0.39, 0.29) is 0 Å². The summed E-state index contributed by atoms with van der Waals surface area (Å²) in [6.45, 7) is 7.40. The van der Waals surface area contributed by atoms with Gasteiger partial charge in [0, 0.05) is 35.4 Å². The lowest BCUT2D eigenvalue weighted by molar-refractivity contribution is 0.618. The molecule has 0 aliphatic carbocycles. The lowest BCUT2D eigenvalue weighted by atomic mass is 10.0. The maximum Gasteiger partial charge on any atom is 0.228 e. The Morgan fingerprint density at radius 1 is 1.12 bits per heavy atom.